The maximum absolute atomic E-state index is 11.8. The number of amides is 1. The van der Waals surface area contributed by atoms with Gasteiger partial charge in [0.2, 0.25) is 5.91 Å². The van der Waals surface area contributed by atoms with Gasteiger partial charge in [-0.1, -0.05) is 51.1 Å². The summed E-state index contributed by atoms with van der Waals surface area (Å²) in [6.45, 7) is 8.02. The smallest absolute Gasteiger partial charge is 0.223 e. The van der Waals surface area contributed by atoms with Gasteiger partial charge in [-0.15, -0.1) is 0 Å². The number of carbonyl (C=O) groups excluding carboxylic acids is 1. The van der Waals surface area contributed by atoms with Crippen LogP contribution in [0.4, 0.5) is 0 Å². The first-order chi connectivity index (χ1) is 9.51. The molecule has 0 aliphatic rings. The van der Waals surface area contributed by atoms with Crippen molar-refractivity contribution in [2.24, 2.45) is 5.92 Å². The minimum absolute atomic E-state index is 0.0185. The van der Waals surface area contributed by atoms with Gasteiger partial charge in [0.25, 0.3) is 0 Å². The summed E-state index contributed by atoms with van der Waals surface area (Å²) in [4.78, 5) is 11.8. The molecule has 1 amide bonds. The number of rotatable bonds is 4. The molecule has 0 aromatic heterocycles. The van der Waals surface area contributed by atoms with Crippen LogP contribution in [0.5, 0.6) is 0 Å². The second-order valence-electron chi connectivity index (χ2n) is 5.68. The Labute approximate surface area is 121 Å². The molecule has 2 aromatic rings. The van der Waals surface area contributed by atoms with Crippen molar-refractivity contribution in [2.45, 2.75) is 40.2 Å². The second-order valence-corrected chi connectivity index (χ2v) is 5.68. The molecule has 0 saturated heterocycles. The van der Waals surface area contributed by atoms with Gasteiger partial charge in [0.1, 0.15) is 0 Å². The largest absolute Gasteiger partial charge is 0.349 e. The van der Waals surface area contributed by atoms with E-state index in [1.54, 1.807) is 0 Å². The van der Waals surface area contributed by atoms with E-state index in [4.69, 9.17) is 0 Å². The lowest BCUT2D eigenvalue weighted by atomic mass is 10.00. The molecule has 1 atom stereocenters. The molecule has 0 saturated carbocycles. The minimum Gasteiger partial charge on any atom is -0.349 e. The Morgan fingerprint density at radius 2 is 1.70 bits per heavy atom. The van der Waals surface area contributed by atoms with Crippen molar-refractivity contribution in [3.05, 3.63) is 47.5 Å². The zero-order valence-corrected chi connectivity index (χ0v) is 12.7. The highest BCUT2D eigenvalue weighted by Gasteiger charge is 2.12. The maximum Gasteiger partial charge on any atom is 0.223 e. The van der Waals surface area contributed by atoms with Gasteiger partial charge in [0.05, 0.1) is 6.04 Å². The zero-order valence-electron chi connectivity index (χ0n) is 12.7. The molecule has 2 nitrogen and oxygen atoms in total. The maximum atomic E-state index is 11.8. The second kappa shape index (κ2) is 6.08. The lowest BCUT2D eigenvalue weighted by Crippen LogP contribution is -2.30. The summed E-state index contributed by atoms with van der Waals surface area (Å²) in [6.07, 6.45) is 1.05. The Morgan fingerprint density at radius 3 is 2.35 bits per heavy atom. The number of fused-ring (bicyclic) bond motifs is 1. The van der Waals surface area contributed by atoms with E-state index >= 15 is 0 Å². The summed E-state index contributed by atoms with van der Waals surface area (Å²) in [7, 11) is 0. The molecule has 0 heterocycles. The van der Waals surface area contributed by atoms with Crippen LogP contribution in [0, 0.1) is 5.92 Å². The highest BCUT2D eigenvalue weighted by Crippen LogP contribution is 2.22. The van der Waals surface area contributed by atoms with E-state index < -0.39 is 0 Å². The van der Waals surface area contributed by atoms with E-state index in [0.717, 1.165) is 12.0 Å². The van der Waals surface area contributed by atoms with Gasteiger partial charge in [0, 0.05) is 5.92 Å². The van der Waals surface area contributed by atoms with Crippen LogP contribution >= 0.6 is 0 Å². The SMILES string of the molecule is CCc1ccc2cc(C(C)NC(=O)C(C)C)ccc2c1. The molecule has 0 aliphatic heterocycles. The van der Waals surface area contributed by atoms with E-state index in [1.807, 2.05) is 20.8 Å². The standard InChI is InChI=1S/C18H23NO/c1-5-14-6-7-17-11-15(8-9-16(17)10-14)13(4)19-18(20)12(2)3/h6-13H,5H2,1-4H3,(H,19,20). The number of hydrogen-bond acceptors (Lipinski definition) is 1. The molecule has 2 rings (SSSR count). The Balaban J connectivity index is 2.25. The first-order valence-corrected chi connectivity index (χ1v) is 7.34. The van der Waals surface area contributed by atoms with E-state index in [0.29, 0.717) is 0 Å². The molecular formula is C18H23NO. The molecular weight excluding hydrogens is 246 g/mol. The van der Waals surface area contributed by atoms with Crippen LogP contribution in [-0.4, -0.2) is 5.91 Å². The van der Waals surface area contributed by atoms with Gasteiger partial charge < -0.3 is 5.32 Å². The molecule has 2 heteroatoms. The summed E-state index contributed by atoms with van der Waals surface area (Å²) in [5, 5.41) is 5.53. The topological polar surface area (TPSA) is 29.1 Å². The van der Waals surface area contributed by atoms with Crippen molar-refractivity contribution in [1.82, 2.24) is 5.32 Å². The number of carbonyl (C=O) groups is 1. The fourth-order valence-corrected chi connectivity index (χ4v) is 2.27. The van der Waals surface area contributed by atoms with E-state index in [-0.39, 0.29) is 17.9 Å². The normalized spacial score (nSPS) is 12.7. The number of hydrogen-bond donors (Lipinski definition) is 1. The average molecular weight is 269 g/mol. The predicted molar refractivity (Wildman–Crippen MR) is 84.7 cm³/mol. The summed E-state index contributed by atoms with van der Waals surface area (Å²) < 4.78 is 0. The minimum atomic E-state index is 0.0185. The van der Waals surface area contributed by atoms with Crippen molar-refractivity contribution in [3.8, 4) is 0 Å². The molecule has 20 heavy (non-hydrogen) atoms. The van der Waals surface area contributed by atoms with Gasteiger partial charge in [-0.3, -0.25) is 4.79 Å². The molecule has 0 radical (unpaired) electrons. The number of nitrogens with one attached hydrogen (secondary N) is 1. The van der Waals surface area contributed by atoms with Crippen LogP contribution in [0.15, 0.2) is 36.4 Å². The fourth-order valence-electron chi connectivity index (χ4n) is 2.27. The van der Waals surface area contributed by atoms with Crippen LogP contribution in [0.3, 0.4) is 0 Å². The molecule has 1 N–H and O–H groups in total. The van der Waals surface area contributed by atoms with Crippen molar-refractivity contribution in [3.63, 3.8) is 0 Å². The summed E-state index contributed by atoms with van der Waals surface area (Å²) >= 11 is 0. The summed E-state index contributed by atoms with van der Waals surface area (Å²) in [5.74, 6) is 0.115. The highest BCUT2D eigenvalue weighted by atomic mass is 16.1. The lowest BCUT2D eigenvalue weighted by Gasteiger charge is -2.16. The monoisotopic (exact) mass is 269 g/mol. The van der Waals surface area contributed by atoms with Crippen LogP contribution in [0.2, 0.25) is 0 Å². The third kappa shape index (κ3) is 3.19. The van der Waals surface area contributed by atoms with Crippen LogP contribution in [-0.2, 0) is 11.2 Å². The first kappa shape index (κ1) is 14.6. The van der Waals surface area contributed by atoms with E-state index in [9.17, 15) is 4.79 Å². The first-order valence-electron chi connectivity index (χ1n) is 7.34. The third-order valence-electron chi connectivity index (χ3n) is 3.72. The third-order valence-corrected chi connectivity index (χ3v) is 3.72. The lowest BCUT2D eigenvalue weighted by molar-refractivity contribution is -0.124. The van der Waals surface area contributed by atoms with Crippen LogP contribution in [0.25, 0.3) is 10.8 Å². The zero-order chi connectivity index (χ0) is 14.7. The molecule has 2 aromatic carbocycles. The van der Waals surface area contributed by atoms with Gasteiger partial charge in [-0.2, -0.15) is 0 Å². The number of aryl methyl sites for hydroxylation is 1. The van der Waals surface area contributed by atoms with Crippen molar-refractivity contribution in [2.75, 3.05) is 0 Å². The van der Waals surface area contributed by atoms with Gasteiger partial charge in [-0.05, 0) is 41.3 Å². The molecule has 0 spiro atoms. The summed E-state index contributed by atoms with van der Waals surface area (Å²) in [6, 6.07) is 13.0. The molecule has 0 bridgehead atoms. The predicted octanol–water partition coefficient (Wildman–Crippen LogP) is 4.24. The van der Waals surface area contributed by atoms with E-state index in [1.165, 1.54) is 16.3 Å². The van der Waals surface area contributed by atoms with E-state index in [2.05, 4.69) is 48.6 Å². The molecule has 0 aliphatic carbocycles. The van der Waals surface area contributed by atoms with Crippen LogP contribution < -0.4 is 5.32 Å². The van der Waals surface area contributed by atoms with Gasteiger partial charge in [-0.25, -0.2) is 0 Å². The molecule has 0 fully saturated rings. The number of benzene rings is 2. The Bertz CT molecular complexity index is 616. The average Bonchev–Trinajstić information content (AvgIpc) is 2.45. The Hall–Kier alpha value is -1.83. The highest BCUT2D eigenvalue weighted by molar-refractivity contribution is 5.84. The Morgan fingerprint density at radius 1 is 1.05 bits per heavy atom. The van der Waals surface area contributed by atoms with Gasteiger partial charge in [0.15, 0.2) is 0 Å². The van der Waals surface area contributed by atoms with Crippen molar-refractivity contribution >= 4 is 16.7 Å². The fraction of sp³-hybridized carbons (Fsp3) is 0.389. The quantitative estimate of drug-likeness (QED) is 0.884. The Kier molecular flexibility index (Phi) is 4.43. The summed E-state index contributed by atoms with van der Waals surface area (Å²) in [5.41, 5.74) is 2.50. The van der Waals surface area contributed by atoms with Gasteiger partial charge >= 0.3 is 0 Å². The van der Waals surface area contributed by atoms with Crippen molar-refractivity contribution < 1.29 is 4.79 Å². The van der Waals surface area contributed by atoms with Crippen molar-refractivity contribution in [1.29, 1.82) is 0 Å². The molecule has 1 unspecified atom stereocenters. The van der Waals surface area contributed by atoms with Crippen LogP contribution in [0.1, 0.15) is 44.9 Å². The molecule has 106 valence electrons.